The molecule has 172 valence electrons. The molecule has 1 aliphatic heterocycles. The molecule has 0 saturated heterocycles. The maximum atomic E-state index is 15.3. The molecule has 0 aliphatic carbocycles. The van der Waals surface area contributed by atoms with Crippen LogP contribution in [-0.2, 0) is 10.8 Å². The predicted molar refractivity (Wildman–Crippen MR) is 134 cm³/mol. The summed E-state index contributed by atoms with van der Waals surface area (Å²) in [5.74, 6) is -1.03. The van der Waals surface area contributed by atoms with Gasteiger partial charge in [-0.3, -0.25) is 9.97 Å². The Labute approximate surface area is 207 Å². The largest absolute Gasteiger partial charge is 0.252 e. The number of nitrogens with zero attached hydrogens (tertiary/aromatic N) is 2. The van der Waals surface area contributed by atoms with Crippen LogP contribution < -0.4 is 0 Å². The Morgan fingerprint density at radius 2 is 1.03 bits per heavy atom. The summed E-state index contributed by atoms with van der Waals surface area (Å²) in [5.41, 5.74) is 2.99. The average molecular weight is 495 g/mol. The number of rotatable bonds is 0. The van der Waals surface area contributed by atoms with Gasteiger partial charge < -0.3 is 0 Å². The van der Waals surface area contributed by atoms with E-state index in [1.807, 2.05) is 50.2 Å². The van der Waals surface area contributed by atoms with Crippen LogP contribution in [0.1, 0.15) is 50.2 Å². The van der Waals surface area contributed by atoms with Gasteiger partial charge in [0.1, 0.15) is 11.6 Å². The summed E-state index contributed by atoms with van der Waals surface area (Å²) in [5, 5.41) is 0.480. The van der Waals surface area contributed by atoms with Gasteiger partial charge in [-0.2, -0.15) is 0 Å². The minimum Gasteiger partial charge on any atom is -0.252 e. The fourth-order valence-electron chi connectivity index (χ4n) is 4.59. The molecule has 2 aromatic heterocycles. The van der Waals surface area contributed by atoms with Crippen molar-refractivity contribution < 1.29 is 8.78 Å². The molecule has 2 nitrogen and oxygen atoms in total. The molecule has 1 aliphatic rings. The van der Waals surface area contributed by atoms with Gasteiger partial charge in [-0.1, -0.05) is 49.2 Å². The molecule has 6 heteroatoms. The maximum Gasteiger partial charge on any atom is 0.128 e. The predicted octanol–water partition coefficient (Wildman–Crippen LogP) is 8.36. The van der Waals surface area contributed by atoms with Crippen molar-refractivity contribution in [2.45, 2.75) is 38.5 Å². The van der Waals surface area contributed by atoms with E-state index < -0.39 is 22.5 Å². The molecule has 5 rings (SSSR count). The molecule has 0 spiro atoms. The van der Waals surface area contributed by atoms with Gasteiger partial charge in [-0.25, -0.2) is 8.78 Å². The van der Waals surface area contributed by atoms with E-state index in [0.717, 1.165) is 11.4 Å². The molecule has 0 N–H and O–H groups in total. The van der Waals surface area contributed by atoms with Crippen LogP contribution in [0, 0.1) is 11.6 Å². The van der Waals surface area contributed by atoms with E-state index in [-0.39, 0.29) is 10.0 Å². The third-order valence-electron chi connectivity index (χ3n) is 6.79. The monoisotopic (exact) mass is 494 g/mol. The van der Waals surface area contributed by atoms with Crippen LogP contribution in [0.15, 0.2) is 60.7 Å². The lowest BCUT2D eigenvalue weighted by atomic mass is 9.76. The van der Waals surface area contributed by atoms with Gasteiger partial charge in [-0.05, 0) is 73.5 Å². The van der Waals surface area contributed by atoms with E-state index in [4.69, 9.17) is 33.2 Å². The zero-order valence-electron chi connectivity index (χ0n) is 19.2. The molecule has 2 aromatic carbocycles. The highest BCUT2D eigenvalue weighted by Gasteiger charge is 2.33. The second-order valence-corrected chi connectivity index (χ2v) is 10.5. The van der Waals surface area contributed by atoms with E-state index in [1.165, 1.54) is 12.1 Å². The maximum absolute atomic E-state index is 15.3. The average Bonchev–Trinajstić information content (AvgIpc) is 2.78. The number of hydrogen-bond acceptors (Lipinski definition) is 2. The minimum absolute atomic E-state index is 0.240. The Morgan fingerprint density at radius 1 is 0.618 bits per heavy atom. The minimum atomic E-state index is -1.04. The molecule has 34 heavy (non-hydrogen) atoms. The number of fused-ring (bicyclic) bond motifs is 10. The van der Waals surface area contributed by atoms with Crippen molar-refractivity contribution in [1.29, 1.82) is 0 Å². The van der Waals surface area contributed by atoms with Crippen molar-refractivity contribution in [1.82, 2.24) is 9.97 Å². The quantitative estimate of drug-likeness (QED) is 0.245. The van der Waals surface area contributed by atoms with Gasteiger partial charge >= 0.3 is 0 Å². The number of hydrogen-bond donors (Lipinski definition) is 0. The molecule has 3 heterocycles. The van der Waals surface area contributed by atoms with Crippen LogP contribution in [-0.4, -0.2) is 9.97 Å². The second-order valence-electron chi connectivity index (χ2n) is 9.69. The third-order valence-corrected chi connectivity index (χ3v) is 7.42. The van der Waals surface area contributed by atoms with Gasteiger partial charge in [-0.15, -0.1) is 0 Å². The second kappa shape index (κ2) is 7.86. The highest BCUT2D eigenvalue weighted by Crippen LogP contribution is 2.43. The standard InChI is InChI=1S/C28H22Cl2F2N2/c1-27(2)17-11-15(19(29)13-21(17)31)23-7-5-9-25(33-23)28(3,4)26-10-6-8-24(34-26)16-12-18(27)22(32)14-20(16)30/h5-14H,1-4H3. The Balaban J connectivity index is 1.93. The first-order valence-corrected chi connectivity index (χ1v) is 11.7. The zero-order chi connectivity index (χ0) is 24.4. The van der Waals surface area contributed by atoms with Gasteiger partial charge in [0.15, 0.2) is 0 Å². The van der Waals surface area contributed by atoms with Crippen molar-refractivity contribution in [3.63, 3.8) is 0 Å². The zero-order valence-corrected chi connectivity index (χ0v) is 20.7. The van der Waals surface area contributed by atoms with Gasteiger partial charge in [0.2, 0.25) is 0 Å². The summed E-state index contributed by atoms with van der Waals surface area (Å²) in [6.07, 6.45) is 0. The van der Waals surface area contributed by atoms with Crippen LogP contribution in [0.3, 0.4) is 0 Å². The van der Waals surface area contributed by atoms with Crippen LogP contribution >= 0.6 is 23.2 Å². The van der Waals surface area contributed by atoms with E-state index in [9.17, 15) is 0 Å². The third kappa shape index (κ3) is 3.52. The Morgan fingerprint density at radius 3 is 1.44 bits per heavy atom. The molecule has 8 bridgehead atoms. The molecule has 0 atom stereocenters. The van der Waals surface area contributed by atoms with Gasteiger partial charge in [0.05, 0.1) is 32.8 Å². The Kier molecular flexibility index (Phi) is 5.30. The first kappa shape index (κ1) is 22.9. The first-order chi connectivity index (χ1) is 16.0. The van der Waals surface area contributed by atoms with Crippen molar-refractivity contribution in [2.75, 3.05) is 0 Å². The SMILES string of the molecule is CC1(C)c2cccc(n2)-c2cc(c(F)cc2Cl)C(C)(C)c2cc(c(Cl)cc2F)-c2cccc1n2. The van der Waals surface area contributed by atoms with Gasteiger partial charge in [0.25, 0.3) is 0 Å². The van der Waals surface area contributed by atoms with Crippen molar-refractivity contribution in [2.24, 2.45) is 0 Å². The summed E-state index contributed by atoms with van der Waals surface area (Å²) in [7, 11) is 0. The molecular weight excluding hydrogens is 473 g/mol. The van der Waals surface area contributed by atoms with Crippen LogP contribution in [0.25, 0.3) is 22.5 Å². The van der Waals surface area contributed by atoms with E-state index in [0.29, 0.717) is 33.6 Å². The van der Waals surface area contributed by atoms with Crippen molar-refractivity contribution in [3.8, 4) is 22.5 Å². The summed E-state index contributed by atoms with van der Waals surface area (Å²) in [6.45, 7) is 7.63. The van der Waals surface area contributed by atoms with E-state index in [2.05, 4.69) is 0 Å². The number of halogens is 4. The molecule has 0 radical (unpaired) electrons. The van der Waals surface area contributed by atoms with E-state index >= 15 is 8.78 Å². The molecular formula is C28H22Cl2F2N2. The summed E-state index contributed by atoms with van der Waals surface area (Å²) < 4.78 is 30.6. The number of pyridine rings is 2. The van der Waals surface area contributed by atoms with Crippen molar-refractivity contribution in [3.05, 3.63) is 105 Å². The topological polar surface area (TPSA) is 25.8 Å². The smallest absolute Gasteiger partial charge is 0.128 e. The molecule has 0 amide bonds. The fourth-order valence-corrected chi connectivity index (χ4v) is 5.08. The number of benzene rings is 2. The Bertz CT molecular complexity index is 1350. The molecule has 0 fully saturated rings. The normalized spacial score (nSPS) is 15.5. The summed E-state index contributed by atoms with van der Waals surface area (Å²) >= 11 is 13.0. The molecule has 4 aromatic rings. The fraction of sp³-hybridized carbons (Fsp3) is 0.214. The van der Waals surface area contributed by atoms with Crippen LogP contribution in [0.4, 0.5) is 8.78 Å². The lowest BCUT2D eigenvalue weighted by molar-refractivity contribution is 0.515. The highest BCUT2D eigenvalue weighted by atomic mass is 35.5. The summed E-state index contributed by atoms with van der Waals surface area (Å²) in [4.78, 5) is 9.79. The molecule has 0 unspecified atom stereocenters. The molecule has 0 saturated carbocycles. The van der Waals surface area contributed by atoms with Crippen LogP contribution in [0.5, 0.6) is 0 Å². The van der Waals surface area contributed by atoms with E-state index in [1.54, 1.807) is 26.0 Å². The lowest BCUT2D eigenvalue weighted by Gasteiger charge is -2.29. The lowest BCUT2D eigenvalue weighted by Crippen LogP contribution is -2.24. The van der Waals surface area contributed by atoms with Crippen LogP contribution in [0.2, 0.25) is 10.0 Å². The number of aromatic nitrogens is 2. The first-order valence-electron chi connectivity index (χ1n) is 10.9. The van der Waals surface area contributed by atoms with Gasteiger partial charge in [0, 0.05) is 22.0 Å². The Hall–Kier alpha value is -2.82. The highest BCUT2D eigenvalue weighted by molar-refractivity contribution is 6.33. The summed E-state index contributed by atoms with van der Waals surface area (Å²) in [6, 6.07) is 17.3. The van der Waals surface area contributed by atoms with Crippen molar-refractivity contribution >= 4 is 23.2 Å².